The Kier molecular flexibility index (Phi) is 4.15. The van der Waals surface area contributed by atoms with E-state index in [1.807, 2.05) is 37.3 Å². The second kappa shape index (κ2) is 5.82. The summed E-state index contributed by atoms with van der Waals surface area (Å²) in [5, 5.41) is 0. The van der Waals surface area contributed by atoms with Crippen LogP contribution < -0.4 is 0 Å². The summed E-state index contributed by atoms with van der Waals surface area (Å²) in [4.78, 5) is 11.8. The molecule has 17 heavy (non-hydrogen) atoms. The van der Waals surface area contributed by atoms with E-state index in [0.717, 1.165) is 18.6 Å². The second-order valence-electron chi connectivity index (χ2n) is 4.51. The molecule has 1 aromatic carbocycles. The topological polar surface area (TPSA) is 35.5 Å². The summed E-state index contributed by atoms with van der Waals surface area (Å²) < 4.78 is 10.6. The lowest BCUT2D eigenvalue weighted by atomic mass is 9.94. The third-order valence-electron chi connectivity index (χ3n) is 3.27. The van der Waals surface area contributed by atoms with Crippen molar-refractivity contribution in [2.75, 3.05) is 13.2 Å². The van der Waals surface area contributed by atoms with Crippen molar-refractivity contribution in [3.8, 4) is 0 Å². The molecule has 1 fully saturated rings. The molecule has 0 aliphatic carbocycles. The van der Waals surface area contributed by atoms with Crippen LogP contribution in [0.2, 0.25) is 0 Å². The summed E-state index contributed by atoms with van der Waals surface area (Å²) in [6.07, 6.45) is 0.960. The molecule has 1 aliphatic rings. The Labute approximate surface area is 102 Å². The first-order chi connectivity index (χ1) is 8.27. The molecule has 92 valence electrons. The first-order valence-electron chi connectivity index (χ1n) is 6.05. The smallest absolute Gasteiger partial charge is 0.309 e. The van der Waals surface area contributed by atoms with Gasteiger partial charge in [0.2, 0.25) is 0 Å². The van der Waals surface area contributed by atoms with E-state index in [0.29, 0.717) is 19.1 Å². The zero-order valence-corrected chi connectivity index (χ0v) is 10.1. The molecule has 1 saturated heterocycles. The Morgan fingerprint density at radius 1 is 1.47 bits per heavy atom. The Balaban J connectivity index is 1.80. The van der Waals surface area contributed by atoms with Crippen molar-refractivity contribution in [3.05, 3.63) is 35.9 Å². The highest BCUT2D eigenvalue weighted by Gasteiger charge is 2.28. The lowest BCUT2D eigenvalue weighted by Gasteiger charge is -2.16. The lowest BCUT2D eigenvalue weighted by molar-refractivity contribution is -0.151. The van der Waals surface area contributed by atoms with Crippen LogP contribution in [0.25, 0.3) is 0 Å². The molecule has 3 nitrogen and oxygen atoms in total. The second-order valence-corrected chi connectivity index (χ2v) is 4.51. The molecular weight excluding hydrogens is 216 g/mol. The van der Waals surface area contributed by atoms with Gasteiger partial charge in [-0.2, -0.15) is 0 Å². The van der Waals surface area contributed by atoms with Crippen LogP contribution in [0.5, 0.6) is 0 Å². The van der Waals surface area contributed by atoms with Crippen LogP contribution in [0.15, 0.2) is 30.3 Å². The fourth-order valence-electron chi connectivity index (χ4n) is 2.00. The Hall–Kier alpha value is -1.35. The van der Waals surface area contributed by atoms with E-state index >= 15 is 0 Å². The van der Waals surface area contributed by atoms with Gasteiger partial charge < -0.3 is 9.47 Å². The number of rotatable bonds is 4. The van der Waals surface area contributed by atoms with Crippen molar-refractivity contribution in [1.82, 2.24) is 0 Å². The normalized spacial score (nSPS) is 21.1. The van der Waals surface area contributed by atoms with Crippen molar-refractivity contribution in [2.45, 2.75) is 20.0 Å². The molecule has 0 saturated carbocycles. The number of carbonyl (C=O) groups excluding carboxylic acids is 1. The maximum Gasteiger partial charge on any atom is 0.309 e. The van der Waals surface area contributed by atoms with Crippen LogP contribution in [0.3, 0.4) is 0 Å². The molecule has 0 N–H and O–H groups in total. The van der Waals surface area contributed by atoms with E-state index < -0.39 is 0 Å². The Morgan fingerprint density at radius 3 is 2.88 bits per heavy atom. The minimum atomic E-state index is -0.121. The summed E-state index contributed by atoms with van der Waals surface area (Å²) in [6, 6.07) is 9.74. The van der Waals surface area contributed by atoms with Gasteiger partial charge in [0.15, 0.2) is 0 Å². The molecule has 3 heteroatoms. The van der Waals surface area contributed by atoms with Gasteiger partial charge in [-0.25, -0.2) is 0 Å². The number of benzene rings is 1. The lowest BCUT2D eigenvalue weighted by Crippen LogP contribution is -2.23. The summed E-state index contributed by atoms with van der Waals surface area (Å²) in [5.74, 6) is 0.129. The van der Waals surface area contributed by atoms with Crippen molar-refractivity contribution >= 4 is 5.97 Å². The van der Waals surface area contributed by atoms with E-state index in [4.69, 9.17) is 9.47 Å². The molecule has 1 aliphatic heterocycles. The van der Waals surface area contributed by atoms with Crippen LogP contribution in [0.4, 0.5) is 0 Å². The highest BCUT2D eigenvalue weighted by molar-refractivity contribution is 5.72. The van der Waals surface area contributed by atoms with E-state index in [9.17, 15) is 4.79 Å². The first-order valence-corrected chi connectivity index (χ1v) is 6.05. The standard InChI is InChI=1S/C14H18O3/c1-11(13-7-8-16-10-13)14(15)17-9-12-5-3-2-4-6-12/h2-6,11,13H,7-10H2,1H3/t11-,13?/m1/s1. The molecule has 1 unspecified atom stereocenters. The number of hydrogen-bond acceptors (Lipinski definition) is 3. The maximum atomic E-state index is 11.8. The van der Waals surface area contributed by atoms with Crippen LogP contribution in [-0.2, 0) is 20.9 Å². The van der Waals surface area contributed by atoms with Gasteiger partial charge in [0, 0.05) is 6.61 Å². The maximum absolute atomic E-state index is 11.8. The van der Waals surface area contributed by atoms with E-state index in [2.05, 4.69) is 0 Å². The van der Waals surface area contributed by atoms with Crippen LogP contribution in [0.1, 0.15) is 18.9 Å². The third-order valence-corrected chi connectivity index (χ3v) is 3.27. The van der Waals surface area contributed by atoms with Gasteiger partial charge in [0.1, 0.15) is 6.61 Å². The van der Waals surface area contributed by atoms with Gasteiger partial charge in [-0.3, -0.25) is 4.79 Å². The van der Waals surface area contributed by atoms with Gasteiger partial charge in [0.25, 0.3) is 0 Å². The quantitative estimate of drug-likeness (QED) is 0.750. The number of ether oxygens (including phenoxy) is 2. The van der Waals surface area contributed by atoms with Crippen molar-refractivity contribution in [3.63, 3.8) is 0 Å². The molecule has 2 atom stereocenters. The molecule has 0 bridgehead atoms. The van der Waals surface area contributed by atoms with E-state index in [-0.39, 0.29) is 11.9 Å². The molecule has 0 aromatic heterocycles. The van der Waals surface area contributed by atoms with Crippen molar-refractivity contribution in [2.24, 2.45) is 11.8 Å². The Morgan fingerprint density at radius 2 is 2.24 bits per heavy atom. The number of esters is 1. The summed E-state index contributed by atoms with van der Waals surface area (Å²) >= 11 is 0. The summed E-state index contributed by atoms with van der Waals surface area (Å²) in [7, 11) is 0. The van der Waals surface area contributed by atoms with Crippen molar-refractivity contribution in [1.29, 1.82) is 0 Å². The number of hydrogen-bond donors (Lipinski definition) is 0. The van der Waals surface area contributed by atoms with Crippen LogP contribution in [0, 0.1) is 11.8 Å². The zero-order chi connectivity index (χ0) is 12.1. The average Bonchev–Trinajstić information content (AvgIpc) is 2.90. The first kappa shape index (κ1) is 12.1. The largest absolute Gasteiger partial charge is 0.461 e. The van der Waals surface area contributed by atoms with E-state index in [1.54, 1.807) is 0 Å². The molecule has 0 radical (unpaired) electrons. The molecule has 2 rings (SSSR count). The van der Waals surface area contributed by atoms with Crippen LogP contribution in [-0.4, -0.2) is 19.2 Å². The van der Waals surface area contributed by atoms with Gasteiger partial charge in [-0.15, -0.1) is 0 Å². The Bertz CT molecular complexity index is 355. The van der Waals surface area contributed by atoms with E-state index in [1.165, 1.54) is 0 Å². The molecule has 1 aromatic rings. The van der Waals surface area contributed by atoms with Gasteiger partial charge in [-0.05, 0) is 17.9 Å². The SMILES string of the molecule is C[C@@H](C(=O)OCc1ccccc1)C1CCOC1. The molecular formula is C14H18O3. The minimum Gasteiger partial charge on any atom is -0.461 e. The van der Waals surface area contributed by atoms with Gasteiger partial charge in [0.05, 0.1) is 12.5 Å². The fraction of sp³-hybridized carbons (Fsp3) is 0.500. The fourth-order valence-corrected chi connectivity index (χ4v) is 2.00. The monoisotopic (exact) mass is 234 g/mol. The van der Waals surface area contributed by atoms with Crippen molar-refractivity contribution < 1.29 is 14.3 Å². The molecule has 1 heterocycles. The highest BCUT2D eigenvalue weighted by Crippen LogP contribution is 2.23. The van der Waals surface area contributed by atoms with Gasteiger partial charge >= 0.3 is 5.97 Å². The highest BCUT2D eigenvalue weighted by atomic mass is 16.5. The molecule has 0 spiro atoms. The minimum absolute atomic E-state index is 0.0683. The molecule has 0 amide bonds. The predicted molar refractivity (Wildman–Crippen MR) is 64.3 cm³/mol. The average molecular weight is 234 g/mol. The van der Waals surface area contributed by atoms with Gasteiger partial charge in [-0.1, -0.05) is 37.3 Å². The third kappa shape index (κ3) is 3.30. The summed E-state index contributed by atoms with van der Waals surface area (Å²) in [6.45, 7) is 3.73. The number of carbonyl (C=O) groups is 1. The zero-order valence-electron chi connectivity index (χ0n) is 10.1. The van der Waals surface area contributed by atoms with Crippen LogP contribution >= 0.6 is 0 Å². The predicted octanol–water partition coefficient (Wildman–Crippen LogP) is 2.40. The summed E-state index contributed by atoms with van der Waals surface area (Å²) in [5.41, 5.74) is 1.02.